The maximum Gasteiger partial charge on any atom is 0.312 e. The molecule has 2 N–H and O–H groups in total. The smallest absolute Gasteiger partial charge is 0.312 e. The molecule has 0 saturated carbocycles. The maximum atomic E-state index is 11.1. The lowest BCUT2D eigenvalue weighted by Gasteiger charge is -2.06. The van der Waals surface area contributed by atoms with E-state index >= 15 is 0 Å². The van der Waals surface area contributed by atoms with Gasteiger partial charge in [-0.05, 0) is 28.1 Å². The second kappa shape index (κ2) is 5.14. The molecule has 0 spiro atoms. The molecule has 0 aliphatic carbocycles. The van der Waals surface area contributed by atoms with Gasteiger partial charge in [0, 0.05) is 0 Å². The van der Waals surface area contributed by atoms with Crippen LogP contribution in [0.5, 0.6) is 0 Å². The third kappa shape index (κ3) is 3.53. The monoisotopic (exact) mass is 291 g/mol. The molecule has 6 heteroatoms. The third-order valence-electron chi connectivity index (χ3n) is 1.54. The van der Waals surface area contributed by atoms with Crippen molar-refractivity contribution in [3.63, 3.8) is 0 Å². The lowest BCUT2D eigenvalue weighted by molar-refractivity contribution is -0.139. The number of carbonyl (C=O) groups excluding carboxylic acids is 1. The van der Waals surface area contributed by atoms with Gasteiger partial charge in [-0.1, -0.05) is 17.7 Å². The molecule has 1 aromatic carbocycles. The summed E-state index contributed by atoms with van der Waals surface area (Å²) in [6.45, 7) is 0. The number of carboxylic acid groups (broad SMARTS) is 1. The Morgan fingerprint density at radius 2 is 2.13 bits per heavy atom. The number of hydrogen-bond acceptors (Lipinski definition) is 2. The van der Waals surface area contributed by atoms with Crippen LogP contribution in [0.3, 0.4) is 0 Å². The number of amides is 1. The standard InChI is InChI=1S/C9H7BrClNO3/c10-9-5(11)2-1-3-6(9)12-7(13)4-8(14)15/h1-3H,4H2,(H,12,13)(H,14,15). The lowest BCUT2D eigenvalue weighted by atomic mass is 10.3. The van der Waals surface area contributed by atoms with Crippen LogP contribution in [0.25, 0.3) is 0 Å². The first kappa shape index (κ1) is 12.0. The molecule has 80 valence electrons. The van der Waals surface area contributed by atoms with Gasteiger partial charge in [0.15, 0.2) is 0 Å². The van der Waals surface area contributed by atoms with Crippen molar-refractivity contribution in [3.8, 4) is 0 Å². The SMILES string of the molecule is O=C(O)CC(=O)Nc1cccc(Cl)c1Br. The van der Waals surface area contributed by atoms with Gasteiger partial charge < -0.3 is 10.4 Å². The molecule has 1 amide bonds. The Hall–Kier alpha value is -1.07. The predicted molar refractivity (Wildman–Crippen MR) is 60.0 cm³/mol. The quantitative estimate of drug-likeness (QED) is 0.841. The fourth-order valence-corrected chi connectivity index (χ4v) is 1.47. The van der Waals surface area contributed by atoms with Gasteiger partial charge >= 0.3 is 5.97 Å². The maximum absolute atomic E-state index is 11.1. The number of halogens is 2. The first-order chi connectivity index (χ1) is 7.00. The van der Waals surface area contributed by atoms with Crippen molar-refractivity contribution in [3.05, 3.63) is 27.7 Å². The minimum absolute atomic E-state index is 0.447. The zero-order valence-electron chi connectivity index (χ0n) is 7.46. The van der Waals surface area contributed by atoms with Crippen molar-refractivity contribution < 1.29 is 14.7 Å². The molecule has 0 aliphatic heterocycles. The van der Waals surface area contributed by atoms with Crippen molar-refractivity contribution in [2.75, 3.05) is 5.32 Å². The molecule has 15 heavy (non-hydrogen) atoms. The number of hydrogen-bond donors (Lipinski definition) is 2. The summed E-state index contributed by atoms with van der Waals surface area (Å²) in [6, 6.07) is 4.93. The van der Waals surface area contributed by atoms with Crippen LogP contribution < -0.4 is 5.32 Å². The van der Waals surface area contributed by atoms with Crippen LogP contribution in [0.15, 0.2) is 22.7 Å². The number of carboxylic acids is 1. The molecule has 0 saturated heterocycles. The molecule has 0 aromatic heterocycles. The van der Waals surface area contributed by atoms with E-state index in [1.807, 2.05) is 0 Å². The highest BCUT2D eigenvalue weighted by molar-refractivity contribution is 9.10. The van der Waals surface area contributed by atoms with Crippen LogP contribution in [0, 0.1) is 0 Å². The Morgan fingerprint density at radius 3 is 2.73 bits per heavy atom. The fraction of sp³-hybridized carbons (Fsp3) is 0.111. The molecule has 0 radical (unpaired) electrons. The van der Waals surface area contributed by atoms with Gasteiger partial charge in [-0.2, -0.15) is 0 Å². The van der Waals surface area contributed by atoms with Crippen LogP contribution in [0.4, 0.5) is 5.69 Å². The van der Waals surface area contributed by atoms with E-state index in [2.05, 4.69) is 21.2 Å². The van der Waals surface area contributed by atoms with E-state index in [9.17, 15) is 9.59 Å². The molecule has 0 atom stereocenters. The Balaban J connectivity index is 2.77. The summed E-state index contributed by atoms with van der Waals surface area (Å²) in [7, 11) is 0. The highest BCUT2D eigenvalue weighted by Crippen LogP contribution is 2.29. The van der Waals surface area contributed by atoms with E-state index in [0.29, 0.717) is 15.2 Å². The number of benzene rings is 1. The van der Waals surface area contributed by atoms with E-state index in [0.717, 1.165) is 0 Å². The molecule has 0 unspecified atom stereocenters. The van der Waals surface area contributed by atoms with Crippen LogP contribution in [0.1, 0.15) is 6.42 Å². The second-order valence-electron chi connectivity index (χ2n) is 2.72. The molecule has 0 bridgehead atoms. The summed E-state index contributed by atoms with van der Waals surface area (Å²) in [6.07, 6.45) is -0.570. The van der Waals surface area contributed by atoms with E-state index in [4.69, 9.17) is 16.7 Å². The van der Waals surface area contributed by atoms with Crippen molar-refractivity contribution >= 4 is 45.1 Å². The van der Waals surface area contributed by atoms with E-state index in [1.165, 1.54) is 0 Å². The molecule has 4 nitrogen and oxygen atoms in total. The van der Waals surface area contributed by atoms with E-state index in [1.54, 1.807) is 18.2 Å². The zero-order valence-corrected chi connectivity index (χ0v) is 9.80. The average Bonchev–Trinajstić information content (AvgIpc) is 2.11. The summed E-state index contributed by atoms with van der Waals surface area (Å²) >= 11 is 8.97. The van der Waals surface area contributed by atoms with Crippen molar-refractivity contribution in [2.24, 2.45) is 0 Å². The number of rotatable bonds is 3. The number of aliphatic carboxylic acids is 1. The average molecular weight is 293 g/mol. The summed E-state index contributed by atoms with van der Waals surface area (Å²) < 4.78 is 0.533. The van der Waals surface area contributed by atoms with Crippen LogP contribution in [-0.2, 0) is 9.59 Å². The van der Waals surface area contributed by atoms with Crippen LogP contribution in [-0.4, -0.2) is 17.0 Å². The van der Waals surface area contributed by atoms with Gasteiger partial charge in [-0.15, -0.1) is 0 Å². The van der Waals surface area contributed by atoms with Gasteiger partial charge in [-0.3, -0.25) is 9.59 Å². The van der Waals surface area contributed by atoms with Crippen LogP contribution >= 0.6 is 27.5 Å². The second-order valence-corrected chi connectivity index (χ2v) is 3.92. The minimum atomic E-state index is -1.18. The van der Waals surface area contributed by atoms with Crippen molar-refractivity contribution in [1.29, 1.82) is 0 Å². The Bertz CT molecular complexity index is 408. The van der Waals surface area contributed by atoms with Crippen molar-refractivity contribution in [2.45, 2.75) is 6.42 Å². The summed E-state index contributed by atoms with van der Waals surface area (Å²) in [4.78, 5) is 21.4. The molecular weight excluding hydrogens is 285 g/mol. The minimum Gasteiger partial charge on any atom is -0.481 e. The molecule has 0 aliphatic rings. The van der Waals surface area contributed by atoms with E-state index in [-0.39, 0.29) is 0 Å². The zero-order chi connectivity index (χ0) is 11.4. The number of nitrogens with one attached hydrogen (secondary N) is 1. The summed E-state index contributed by atoms with van der Waals surface area (Å²) in [5.41, 5.74) is 0.453. The van der Waals surface area contributed by atoms with Gasteiger partial charge in [0.05, 0.1) is 15.2 Å². The molecule has 1 aromatic rings. The Morgan fingerprint density at radius 1 is 1.47 bits per heavy atom. The normalized spacial score (nSPS) is 9.73. The van der Waals surface area contributed by atoms with Gasteiger partial charge in [0.25, 0.3) is 0 Å². The number of anilines is 1. The fourth-order valence-electron chi connectivity index (χ4n) is 0.932. The lowest BCUT2D eigenvalue weighted by Crippen LogP contribution is -2.16. The first-order valence-corrected chi connectivity index (χ1v) is 5.13. The third-order valence-corrected chi connectivity index (χ3v) is 2.94. The van der Waals surface area contributed by atoms with Gasteiger partial charge in [0.1, 0.15) is 6.42 Å². The molecule has 0 fully saturated rings. The highest BCUT2D eigenvalue weighted by Gasteiger charge is 2.10. The highest BCUT2D eigenvalue weighted by atomic mass is 79.9. The van der Waals surface area contributed by atoms with Crippen molar-refractivity contribution in [1.82, 2.24) is 0 Å². The first-order valence-electron chi connectivity index (χ1n) is 3.96. The predicted octanol–water partition coefficient (Wildman–Crippen LogP) is 2.52. The van der Waals surface area contributed by atoms with Gasteiger partial charge in [0.2, 0.25) is 5.91 Å². The molecule has 1 rings (SSSR count). The Kier molecular flexibility index (Phi) is 4.11. The number of carbonyl (C=O) groups is 2. The summed E-state index contributed by atoms with van der Waals surface area (Å²) in [5, 5.41) is 11.3. The molecule has 0 heterocycles. The van der Waals surface area contributed by atoms with E-state index < -0.39 is 18.3 Å². The largest absolute Gasteiger partial charge is 0.481 e. The summed E-state index contributed by atoms with van der Waals surface area (Å²) in [5.74, 6) is -1.77. The molecular formula is C9H7BrClNO3. The Labute approximate surface area is 99.4 Å². The topological polar surface area (TPSA) is 66.4 Å². The van der Waals surface area contributed by atoms with Crippen LogP contribution in [0.2, 0.25) is 5.02 Å². The van der Waals surface area contributed by atoms with Gasteiger partial charge in [-0.25, -0.2) is 0 Å².